The summed E-state index contributed by atoms with van der Waals surface area (Å²) in [5.41, 5.74) is 2.11. The lowest BCUT2D eigenvalue weighted by Crippen LogP contribution is -2.30. The van der Waals surface area contributed by atoms with E-state index in [1.165, 1.54) is 0 Å². The molecular formula is C16H19N5. The lowest BCUT2D eigenvalue weighted by atomic mass is 10.3. The molecule has 1 N–H and O–H groups in total. The van der Waals surface area contributed by atoms with Gasteiger partial charge in [0.1, 0.15) is 0 Å². The maximum atomic E-state index is 4.58. The molecule has 0 fully saturated rings. The van der Waals surface area contributed by atoms with E-state index in [2.05, 4.69) is 22.4 Å². The molecule has 0 saturated carbocycles. The van der Waals surface area contributed by atoms with E-state index in [0.717, 1.165) is 24.5 Å². The summed E-state index contributed by atoms with van der Waals surface area (Å²) in [5.74, 6) is 0. The van der Waals surface area contributed by atoms with Crippen LogP contribution in [0.15, 0.2) is 61.1 Å². The highest BCUT2D eigenvalue weighted by Gasteiger charge is 2.05. The van der Waals surface area contributed by atoms with Gasteiger partial charge in [-0.15, -0.1) is 0 Å². The normalized spacial score (nSPS) is 12.4. The Bertz CT molecular complexity index is 657. The van der Waals surface area contributed by atoms with Gasteiger partial charge in [-0.3, -0.25) is 4.68 Å². The number of para-hydroxylation sites is 1. The lowest BCUT2D eigenvalue weighted by molar-refractivity contribution is 0.448. The van der Waals surface area contributed by atoms with E-state index in [1.807, 2.05) is 64.2 Å². The average Bonchev–Trinajstić information content (AvgIpc) is 3.17. The van der Waals surface area contributed by atoms with E-state index < -0.39 is 0 Å². The van der Waals surface area contributed by atoms with Gasteiger partial charge in [-0.25, -0.2) is 4.68 Å². The van der Waals surface area contributed by atoms with Crippen molar-refractivity contribution in [3.05, 3.63) is 66.7 Å². The summed E-state index contributed by atoms with van der Waals surface area (Å²) >= 11 is 0. The second-order valence-corrected chi connectivity index (χ2v) is 5.10. The fourth-order valence-corrected chi connectivity index (χ4v) is 2.21. The van der Waals surface area contributed by atoms with E-state index in [1.54, 1.807) is 6.20 Å². The highest BCUT2D eigenvalue weighted by Crippen LogP contribution is 2.06. The summed E-state index contributed by atoms with van der Waals surface area (Å²) in [6.45, 7) is 3.75. The maximum Gasteiger partial charge on any atom is 0.0766 e. The number of hydrogen-bond donors (Lipinski definition) is 1. The molecule has 1 atom stereocenters. The minimum Gasteiger partial charge on any atom is -0.307 e. The van der Waals surface area contributed by atoms with Crippen molar-refractivity contribution in [3.8, 4) is 5.69 Å². The van der Waals surface area contributed by atoms with Crippen LogP contribution in [-0.4, -0.2) is 25.6 Å². The molecule has 0 aliphatic heterocycles. The van der Waals surface area contributed by atoms with Crippen LogP contribution in [-0.2, 0) is 13.1 Å². The van der Waals surface area contributed by atoms with Crippen molar-refractivity contribution >= 4 is 0 Å². The van der Waals surface area contributed by atoms with Crippen molar-refractivity contribution < 1.29 is 0 Å². The predicted molar refractivity (Wildman–Crippen MR) is 82.1 cm³/mol. The number of benzene rings is 1. The Morgan fingerprint density at radius 3 is 2.71 bits per heavy atom. The van der Waals surface area contributed by atoms with E-state index in [4.69, 9.17) is 0 Å². The number of nitrogens with zero attached hydrogens (tertiary/aromatic N) is 4. The third kappa shape index (κ3) is 3.58. The van der Waals surface area contributed by atoms with Gasteiger partial charge in [-0.2, -0.15) is 10.2 Å². The van der Waals surface area contributed by atoms with Gasteiger partial charge in [-0.1, -0.05) is 18.2 Å². The van der Waals surface area contributed by atoms with E-state index in [-0.39, 0.29) is 0 Å². The Balaban J connectivity index is 1.55. The number of rotatable bonds is 6. The van der Waals surface area contributed by atoms with Gasteiger partial charge in [0.05, 0.1) is 17.9 Å². The maximum absolute atomic E-state index is 4.58. The Morgan fingerprint density at radius 2 is 1.95 bits per heavy atom. The molecule has 3 rings (SSSR count). The SMILES string of the molecule is C[C@@H](Cn1cccn1)NCc1ccn(-c2ccccc2)n1. The van der Waals surface area contributed by atoms with E-state index >= 15 is 0 Å². The fourth-order valence-electron chi connectivity index (χ4n) is 2.21. The lowest BCUT2D eigenvalue weighted by Gasteiger charge is -2.12. The molecule has 2 heterocycles. The van der Waals surface area contributed by atoms with Gasteiger partial charge in [0.25, 0.3) is 0 Å². The van der Waals surface area contributed by atoms with Crippen LogP contribution in [0.25, 0.3) is 5.69 Å². The van der Waals surface area contributed by atoms with Crippen molar-refractivity contribution in [3.63, 3.8) is 0 Å². The summed E-state index contributed by atoms with van der Waals surface area (Å²) in [6, 6.07) is 14.4. The van der Waals surface area contributed by atoms with Crippen LogP contribution >= 0.6 is 0 Å². The van der Waals surface area contributed by atoms with E-state index in [0.29, 0.717) is 6.04 Å². The summed E-state index contributed by atoms with van der Waals surface area (Å²) in [6.07, 6.45) is 5.76. The molecule has 5 nitrogen and oxygen atoms in total. The quantitative estimate of drug-likeness (QED) is 0.754. The molecule has 0 unspecified atom stereocenters. The summed E-state index contributed by atoms with van der Waals surface area (Å²) in [4.78, 5) is 0. The first-order valence-electron chi connectivity index (χ1n) is 7.12. The third-order valence-corrected chi connectivity index (χ3v) is 3.32. The smallest absolute Gasteiger partial charge is 0.0766 e. The first kappa shape index (κ1) is 13.6. The zero-order chi connectivity index (χ0) is 14.5. The van der Waals surface area contributed by atoms with Crippen LogP contribution in [0.1, 0.15) is 12.6 Å². The van der Waals surface area contributed by atoms with Crippen molar-refractivity contribution in [2.24, 2.45) is 0 Å². The topological polar surface area (TPSA) is 47.7 Å². The summed E-state index contributed by atoms with van der Waals surface area (Å²) < 4.78 is 3.83. The largest absolute Gasteiger partial charge is 0.307 e. The highest BCUT2D eigenvalue weighted by atomic mass is 15.3. The molecule has 0 spiro atoms. The Morgan fingerprint density at radius 1 is 1.10 bits per heavy atom. The van der Waals surface area contributed by atoms with Gasteiger partial charge < -0.3 is 5.32 Å². The zero-order valence-electron chi connectivity index (χ0n) is 12.1. The second kappa shape index (κ2) is 6.37. The van der Waals surface area contributed by atoms with Crippen molar-refractivity contribution in [1.82, 2.24) is 24.9 Å². The molecule has 0 aliphatic carbocycles. The van der Waals surface area contributed by atoms with Crippen LogP contribution in [0.4, 0.5) is 0 Å². The average molecular weight is 281 g/mol. The van der Waals surface area contributed by atoms with Gasteiger partial charge in [-0.05, 0) is 31.2 Å². The van der Waals surface area contributed by atoms with Crippen molar-refractivity contribution in [2.45, 2.75) is 26.1 Å². The molecule has 21 heavy (non-hydrogen) atoms. The predicted octanol–water partition coefficient (Wildman–Crippen LogP) is 2.25. The highest BCUT2D eigenvalue weighted by molar-refractivity contribution is 5.30. The molecule has 0 radical (unpaired) electrons. The monoisotopic (exact) mass is 281 g/mol. The van der Waals surface area contributed by atoms with Crippen LogP contribution in [0.5, 0.6) is 0 Å². The molecule has 5 heteroatoms. The number of aromatic nitrogens is 4. The van der Waals surface area contributed by atoms with Crippen molar-refractivity contribution in [1.29, 1.82) is 0 Å². The number of hydrogen-bond acceptors (Lipinski definition) is 3. The first-order chi connectivity index (χ1) is 10.3. The summed E-state index contributed by atoms with van der Waals surface area (Å²) in [5, 5.41) is 12.3. The number of nitrogens with one attached hydrogen (secondary N) is 1. The Kier molecular flexibility index (Phi) is 4.12. The van der Waals surface area contributed by atoms with E-state index in [9.17, 15) is 0 Å². The van der Waals surface area contributed by atoms with Gasteiger partial charge >= 0.3 is 0 Å². The molecule has 0 saturated heterocycles. The first-order valence-corrected chi connectivity index (χ1v) is 7.12. The van der Waals surface area contributed by atoms with Gasteiger partial charge in [0.2, 0.25) is 0 Å². The van der Waals surface area contributed by atoms with Crippen LogP contribution in [0, 0.1) is 0 Å². The molecule has 0 bridgehead atoms. The molecule has 3 aromatic rings. The molecular weight excluding hydrogens is 262 g/mol. The molecule has 0 amide bonds. The standard InChI is InChI=1S/C16H19N5/c1-14(13-20-10-5-9-18-20)17-12-15-8-11-21(19-15)16-6-3-2-4-7-16/h2-11,14,17H,12-13H2,1H3/t14-/m0/s1. The molecule has 0 aliphatic rings. The molecule has 108 valence electrons. The molecule has 1 aromatic carbocycles. The van der Waals surface area contributed by atoms with Gasteiger partial charge in [0, 0.05) is 31.2 Å². The van der Waals surface area contributed by atoms with Gasteiger partial charge in [0.15, 0.2) is 0 Å². The van der Waals surface area contributed by atoms with Crippen LogP contribution in [0.2, 0.25) is 0 Å². The van der Waals surface area contributed by atoms with Crippen LogP contribution in [0.3, 0.4) is 0 Å². The fraction of sp³-hybridized carbons (Fsp3) is 0.250. The van der Waals surface area contributed by atoms with Crippen molar-refractivity contribution in [2.75, 3.05) is 0 Å². The minimum absolute atomic E-state index is 0.340. The molecule has 2 aromatic heterocycles. The van der Waals surface area contributed by atoms with Crippen LogP contribution < -0.4 is 5.32 Å². The minimum atomic E-state index is 0.340. The zero-order valence-corrected chi connectivity index (χ0v) is 12.1. The second-order valence-electron chi connectivity index (χ2n) is 5.10. The Hall–Kier alpha value is -2.40. The summed E-state index contributed by atoms with van der Waals surface area (Å²) in [7, 11) is 0. The Labute approximate surface area is 124 Å². The third-order valence-electron chi connectivity index (χ3n) is 3.32.